The van der Waals surface area contributed by atoms with E-state index < -0.39 is 0 Å². The van der Waals surface area contributed by atoms with Gasteiger partial charge in [-0.05, 0) is 38.1 Å². The number of urea groups is 1. The summed E-state index contributed by atoms with van der Waals surface area (Å²) in [7, 11) is 0. The Morgan fingerprint density at radius 2 is 1.96 bits per heavy atom. The molecule has 142 valence electrons. The van der Waals surface area contributed by atoms with Gasteiger partial charge in [0, 0.05) is 10.9 Å². The van der Waals surface area contributed by atoms with Crippen molar-refractivity contribution >= 4 is 17.4 Å². The van der Waals surface area contributed by atoms with E-state index in [1.54, 1.807) is 23.6 Å². The number of rotatable bonds is 5. The predicted molar refractivity (Wildman–Crippen MR) is 99.4 cm³/mol. The highest BCUT2D eigenvalue weighted by atomic mass is 32.1. The first-order chi connectivity index (χ1) is 12.8. The number of nitrogens with zero attached hydrogens (tertiary/aromatic N) is 5. The van der Waals surface area contributed by atoms with Crippen molar-refractivity contribution in [2.45, 2.75) is 39.4 Å². The molecule has 0 spiro atoms. The Morgan fingerprint density at radius 1 is 1.22 bits per heavy atom. The number of benzene rings is 1. The van der Waals surface area contributed by atoms with Gasteiger partial charge in [0.15, 0.2) is 5.82 Å². The van der Waals surface area contributed by atoms with Crippen LogP contribution in [0, 0.1) is 5.82 Å². The smallest absolute Gasteiger partial charge is 0.315 e. The Morgan fingerprint density at radius 3 is 2.67 bits per heavy atom. The normalized spacial score (nSPS) is 11.4. The molecule has 1 aromatic carbocycles. The van der Waals surface area contributed by atoms with Crippen molar-refractivity contribution in [2.75, 3.05) is 0 Å². The van der Waals surface area contributed by atoms with E-state index in [-0.39, 0.29) is 30.5 Å². The quantitative estimate of drug-likeness (QED) is 0.699. The molecule has 27 heavy (non-hydrogen) atoms. The van der Waals surface area contributed by atoms with Crippen LogP contribution in [-0.4, -0.2) is 31.2 Å². The van der Waals surface area contributed by atoms with E-state index in [1.807, 2.05) is 20.8 Å². The van der Waals surface area contributed by atoms with Gasteiger partial charge in [-0.25, -0.2) is 14.2 Å². The molecule has 0 aliphatic carbocycles. The SMILES string of the molecule is CC(C)(C)n1nnc(CNC(=O)NCc2nc(-c3ccccc3F)cs2)n1. The average Bonchev–Trinajstić information content (AvgIpc) is 3.28. The van der Waals surface area contributed by atoms with E-state index in [1.165, 1.54) is 22.2 Å². The van der Waals surface area contributed by atoms with Crippen LogP contribution < -0.4 is 10.6 Å². The molecule has 2 amide bonds. The topological polar surface area (TPSA) is 97.6 Å². The number of thiazole rings is 1. The first-order valence-electron chi connectivity index (χ1n) is 8.33. The lowest BCUT2D eigenvalue weighted by atomic mass is 10.1. The molecule has 0 saturated carbocycles. The highest BCUT2D eigenvalue weighted by Crippen LogP contribution is 2.24. The largest absolute Gasteiger partial charge is 0.332 e. The number of carbonyl (C=O) groups is 1. The predicted octanol–water partition coefficient (Wildman–Crippen LogP) is 2.69. The molecule has 10 heteroatoms. The second-order valence-electron chi connectivity index (χ2n) is 6.81. The second kappa shape index (κ2) is 7.78. The van der Waals surface area contributed by atoms with Crippen molar-refractivity contribution in [1.82, 2.24) is 35.8 Å². The van der Waals surface area contributed by atoms with Gasteiger partial charge < -0.3 is 10.6 Å². The van der Waals surface area contributed by atoms with Crippen LogP contribution in [0.1, 0.15) is 31.6 Å². The molecule has 0 fully saturated rings. The number of hydrogen-bond acceptors (Lipinski definition) is 6. The Labute approximate surface area is 159 Å². The zero-order valence-electron chi connectivity index (χ0n) is 15.2. The number of aromatic nitrogens is 5. The van der Waals surface area contributed by atoms with Gasteiger partial charge in [0.05, 0.1) is 24.3 Å². The van der Waals surface area contributed by atoms with Gasteiger partial charge in [0.2, 0.25) is 0 Å². The number of tetrazole rings is 1. The van der Waals surface area contributed by atoms with Crippen molar-refractivity contribution in [2.24, 2.45) is 0 Å². The molecule has 0 saturated heterocycles. The van der Waals surface area contributed by atoms with Gasteiger partial charge in [0.25, 0.3) is 0 Å². The lowest BCUT2D eigenvalue weighted by molar-refractivity contribution is 0.239. The molecular weight excluding hydrogens is 369 g/mol. The van der Waals surface area contributed by atoms with Gasteiger partial charge in [-0.3, -0.25) is 0 Å². The third-order valence-electron chi connectivity index (χ3n) is 3.56. The molecule has 0 aliphatic rings. The van der Waals surface area contributed by atoms with E-state index in [0.29, 0.717) is 22.1 Å². The Hall–Kier alpha value is -2.88. The number of carbonyl (C=O) groups excluding carboxylic acids is 1. The first kappa shape index (κ1) is 18.9. The Kier molecular flexibility index (Phi) is 5.45. The fourth-order valence-electron chi connectivity index (χ4n) is 2.16. The summed E-state index contributed by atoms with van der Waals surface area (Å²) < 4.78 is 13.8. The molecular formula is C17H20FN7OS. The van der Waals surface area contributed by atoms with Gasteiger partial charge in [0.1, 0.15) is 10.8 Å². The van der Waals surface area contributed by atoms with Crippen LogP contribution in [0.5, 0.6) is 0 Å². The van der Waals surface area contributed by atoms with Crippen molar-refractivity contribution in [3.05, 3.63) is 46.3 Å². The fourth-order valence-corrected chi connectivity index (χ4v) is 2.89. The van der Waals surface area contributed by atoms with Crippen molar-refractivity contribution in [1.29, 1.82) is 0 Å². The van der Waals surface area contributed by atoms with Gasteiger partial charge in [-0.2, -0.15) is 4.80 Å². The maximum atomic E-state index is 13.8. The molecule has 0 aliphatic heterocycles. The van der Waals surface area contributed by atoms with Crippen LogP contribution in [0.3, 0.4) is 0 Å². The van der Waals surface area contributed by atoms with Gasteiger partial charge >= 0.3 is 6.03 Å². The zero-order chi connectivity index (χ0) is 19.4. The molecule has 3 aromatic rings. The fraction of sp³-hybridized carbons (Fsp3) is 0.353. The summed E-state index contributed by atoms with van der Waals surface area (Å²) in [6.45, 7) is 6.29. The number of halogens is 1. The number of hydrogen-bond donors (Lipinski definition) is 2. The van der Waals surface area contributed by atoms with Crippen LogP contribution in [0.15, 0.2) is 29.6 Å². The van der Waals surface area contributed by atoms with Crippen LogP contribution in [0.4, 0.5) is 9.18 Å². The zero-order valence-corrected chi connectivity index (χ0v) is 16.0. The van der Waals surface area contributed by atoms with E-state index in [9.17, 15) is 9.18 Å². The Balaban J connectivity index is 1.50. The van der Waals surface area contributed by atoms with E-state index in [0.717, 1.165) is 0 Å². The van der Waals surface area contributed by atoms with Crippen molar-refractivity contribution in [3.8, 4) is 11.3 Å². The summed E-state index contributed by atoms with van der Waals surface area (Å²) in [4.78, 5) is 17.8. The van der Waals surface area contributed by atoms with E-state index >= 15 is 0 Å². The first-order valence-corrected chi connectivity index (χ1v) is 9.21. The summed E-state index contributed by atoms with van der Waals surface area (Å²) in [6.07, 6.45) is 0. The number of nitrogens with one attached hydrogen (secondary N) is 2. The molecule has 0 radical (unpaired) electrons. The lowest BCUT2D eigenvalue weighted by Crippen LogP contribution is -2.35. The van der Waals surface area contributed by atoms with Crippen LogP contribution in [0.2, 0.25) is 0 Å². The average molecular weight is 389 g/mol. The lowest BCUT2D eigenvalue weighted by Gasteiger charge is -2.15. The summed E-state index contributed by atoms with van der Waals surface area (Å²) in [5.74, 6) is 0.104. The maximum Gasteiger partial charge on any atom is 0.315 e. The second-order valence-corrected chi connectivity index (χ2v) is 7.75. The standard InChI is InChI=1S/C17H20FN7OS/c1-17(2,3)25-23-14(22-24-25)8-19-16(26)20-9-15-21-13(10-27-15)11-6-4-5-7-12(11)18/h4-7,10H,8-9H2,1-3H3,(H2,19,20,26). The minimum Gasteiger partial charge on any atom is -0.332 e. The maximum absolute atomic E-state index is 13.8. The van der Waals surface area contributed by atoms with Gasteiger partial charge in [-0.1, -0.05) is 12.1 Å². The minimum absolute atomic E-state index is 0.167. The minimum atomic E-state index is -0.371. The summed E-state index contributed by atoms with van der Waals surface area (Å²) in [5, 5.41) is 19.9. The third kappa shape index (κ3) is 4.85. The molecule has 0 bridgehead atoms. The molecule has 3 rings (SSSR count). The molecule has 8 nitrogen and oxygen atoms in total. The summed E-state index contributed by atoms with van der Waals surface area (Å²) in [5.41, 5.74) is 0.727. The van der Waals surface area contributed by atoms with Crippen LogP contribution in [-0.2, 0) is 18.6 Å². The monoisotopic (exact) mass is 389 g/mol. The molecule has 0 unspecified atom stereocenters. The summed E-state index contributed by atoms with van der Waals surface area (Å²) in [6, 6.07) is 6.08. The molecule has 0 atom stereocenters. The van der Waals surface area contributed by atoms with E-state index in [4.69, 9.17) is 0 Å². The van der Waals surface area contributed by atoms with Gasteiger partial charge in [-0.15, -0.1) is 21.5 Å². The van der Waals surface area contributed by atoms with Crippen LogP contribution in [0.25, 0.3) is 11.3 Å². The van der Waals surface area contributed by atoms with Crippen molar-refractivity contribution in [3.63, 3.8) is 0 Å². The Bertz CT molecular complexity index is 931. The summed E-state index contributed by atoms with van der Waals surface area (Å²) >= 11 is 1.36. The molecule has 2 heterocycles. The van der Waals surface area contributed by atoms with E-state index in [2.05, 4.69) is 31.0 Å². The third-order valence-corrected chi connectivity index (χ3v) is 4.41. The van der Waals surface area contributed by atoms with Crippen molar-refractivity contribution < 1.29 is 9.18 Å². The number of amides is 2. The molecule has 2 N–H and O–H groups in total. The highest BCUT2D eigenvalue weighted by Gasteiger charge is 2.17. The van der Waals surface area contributed by atoms with Crippen LogP contribution >= 0.6 is 11.3 Å². The molecule has 2 aromatic heterocycles. The highest BCUT2D eigenvalue weighted by molar-refractivity contribution is 7.09.